The number of aromatic amines is 2. The van der Waals surface area contributed by atoms with Crippen LogP contribution >= 0.6 is 0 Å². The van der Waals surface area contributed by atoms with E-state index in [1.807, 2.05) is 10.6 Å². The van der Waals surface area contributed by atoms with Crippen molar-refractivity contribution in [3.63, 3.8) is 0 Å². The quantitative estimate of drug-likeness (QED) is 0.620. The summed E-state index contributed by atoms with van der Waals surface area (Å²) < 4.78 is 1.81. The van der Waals surface area contributed by atoms with Crippen LogP contribution in [0.5, 0.6) is 0 Å². The Kier molecular flexibility index (Phi) is 2.63. The zero-order valence-corrected chi connectivity index (χ0v) is 14.2. The molecule has 3 aromatic heterocycles. The number of hydrogen-bond donors (Lipinski definition) is 3. The molecule has 4 aliphatic carbocycles. The summed E-state index contributed by atoms with van der Waals surface area (Å²) in [5.74, 6) is 1.12. The number of aliphatic hydroxyl groups is 1. The maximum atomic E-state index is 12.9. The van der Waals surface area contributed by atoms with E-state index in [0.717, 1.165) is 37.5 Å². The van der Waals surface area contributed by atoms with Gasteiger partial charge in [0.2, 0.25) is 0 Å². The molecule has 0 aromatic carbocycles. The molecule has 0 saturated heterocycles. The molecule has 0 spiro atoms. The van der Waals surface area contributed by atoms with E-state index in [2.05, 4.69) is 15.0 Å². The highest BCUT2D eigenvalue weighted by molar-refractivity contribution is 6.01. The molecule has 7 nitrogen and oxygen atoms in total. The molecule has 4 saturated carbocycles. The summed E-state index contributed by atoms with van der Waals surface area (Å²) in [4.78, 5) is 35.2. The molecule has 4 fully saturated rings. The van der Waals surface area contributed by atoms with Gasteiger partial charge in [-0.1, -0.05) is 0 Å². The lowest BCUT2D eigenvalue weighted by atomic mass is 9.52. The fourth-order valence-electron chi connectivity index (χ4n) is 6.41. The van der Waals surface area contributed by atoms with Gasteiger partial charge < -0.3 is 10.1 Å². The van der Waals surface area contributed by atoms with Crippen LogP contribution in [0.3, 0.4) is 0 Å². The topological polar surface area (TPSA) is 104 Å². The van der Waals surface area contributed by atoms with E-state index in [-0.39, 0.29) is 29.1 Å². The molecule has 3 aromatic rings. The first-order chi connectivity index (χ1) is 12.5. The second-order valence-corrected chi connectivity index (χ2v) is 8.57. The second kappa shape index (κ2) is 4.65. The van der Waals surface area contributed by atoms with Gasteiger partial charge in [-0.3, -0.25) is 14.3 Å². The average molecular weight is 352 g/mol. The van der Waals surface area contributed by atoms with E-state index in [0.29, 0.717) is 22.5 Å². The van der Waals surface area contributed by atoms with Crippen LogP contribution in [-0.2, 0) is 0 Å². The maximum Gasteiger partial charge on any atom is 0.329 e. The van der Waals surface area contributed by atoms with Crippen molar-refractivity contribution in [2.75, 3.05) is 0 Å². The molecule has 2 atom stereocenters. The third kappa shape index (κ3) is 1.79. The first-order valence-electron chi connectivity index (χ1n) is 9.35. The smallest absolute Gasteiger partial charge is 0.329 e. The van der Waals surface area contributed by atoms with Crippen LogP contribution in [0, 0.1) is 17.8 Å². The summed E-state index contributed by atoms with van der Waals surface area (Å²) in [5, 5.41) is 12.1. The Morgan fingerprint density at radius 3 is 2.65 bits per heavy atom. The summed E-state index contributed by atoms with van der Waals surface area (Å²) in [5.41, 5.74) is 0.0626. The summed E-state index contributed by atoms with van der Waals surface area (Å²) in [6, 6.07) is 1.91. The van der Waals surface area contributed by atoms with Gasteiger partial charge in [0.05, 0.1) is 16.5 Å². The van der Waals surface area contributed by atoms with Crippen LogP contribution in [0.2, 0.25) is 0 Å². The Balaban J connectivity index is 1.67. The Labute approximate surface area is 148 Å². The normalized spacial score (nSPS) is 35.6. The minimum Gasteiger partial charge on any atom is -0.390 e. The summed E-state index contributed by atoms with van der Waals surface area (Å²) in [7, 11) is 0. The molecule has 26 heavy (non-hydrogen) atoms. The van der Waals surface area contributed by atoms with Crippen molar-refractivity contribution in [2.24, 2.45) is 17.8 Å². The average Bonchev–Trinajstić information content (AvgIpc) is 3.04. The molecular formula is C19H20N4O3. The minimum atomic E-state index is -0.556. The van der Waals surface area contributed by atoms with Gasteiger partial charge in [-0.2, -0.15) is 0 Å². The van der Waals surface area contributed by atoms with E-state index < -0.39 is 5.60 Å². The Hall–Kier alpha value is -2.41. The number of hydrogen-bond acceptors (Lipinski definition) is 4. The Morgan fingerprint density at radius 1 is 1.15 bits per heavy atom. The van der Waals surface area contributed by atoms with Crippen molar-refractivity contribution in [1.29, 1.82) is 0 Å². The van der Waals surface area contributed by atoms with Gasteiger partial charge in [0.25, 0.3) is 5.56 Å². The molecule has 7 rings (SSSR count). The number of pyridine rings is 1. The number of aromatic nitrogens is 4. The number of rotatable bonds is 1. The van der Waals surface area contributed by atoms with E-state index >= 15 is 0 Å². The first-order valence-corrected chi connectivity index (χ1v) is 9.35. The molecule has 2 unspecified atom stereocenters. The molecule has 3 heterocycles. The lowest BCUT2D eigenvalue weighted by Gasteiger charge is -2.58. The lowest BCUT2D eigenvalue weighted by Crippen LogP contribution is -2.56. The zero-order valence-electron chi connectivity index (χ0n) is 14.2. The number of fused-ring (bicyclic) bond motifs is 3. The molecule has 7 heteroatoms. The van der Waals surface area contributed by atoms with Crippen molar-refractivity contribution < 1.29 is 5.11 Å². The van der Waals surface area contributed by atoms with Gasteiger partial charge in [0, 0.05) is 23.8 Å². The molecular weight excluding hydrogens is 332 g/mol. The highest BCUT2D eigenvalue weighted by Crippen LogP contribution is 2.59. The Bertz CT molecular complexity index is 1160. The van der Waals surface area contributed by atoms with Gasteiger partial charge in [0.1, 0.15) is 5.65 Å². The maximum absolute atomic E-state index is 12.9. The van der Waals surface area contributed by atoms with Crippen molar-refractivity contribution in [3.05, 3.63) is 39.3 Å². The molecule has 4 aliphatic rings. The van der Waals surface area contributed by atoms with Crippen molar-refractivity contribution in [3.8, 4) is 0 Å². The minimum absolute atomic E-state index is 0.0270. The fourth-order valence-corrected chi connectivity index (χ4v) is 6.41. The van der Waals surface area contributed by atoms with Crippen molar-refractivity contribution >= 4 is 21.9 Å². The van der Waals surface area contributed by atoms with Crippen molar-refractivity contribution in [1.82, 2.24) is 19.5 Å². The highest BCUT2D eigenvalue weighted by Gasteiger charge is 2.55. The summed E-state index contributed by atoms with van der Waals surface area (Å²) in [6.07, 6.45) is 7.84. The number of H-pyrrole nitrogens is 2. The van der Waals surface area contributed by atoms with Gasteiger partial charge >= 0.3 is 5.69 Å². The van der Waals surface area contributed by atoms with Crippen LogP contribution in [0.4, 0.5) is 0 Å². The van der Waals surface area contributed by atoms with Crippen LogP contribution in [0.15, 0.2) is 28.0 Å². The molecule has 4 bridgehead atoms. The summed E-state index contributed by atoms with van der Waals surface area (Å²) >= 11 is 0. The van der Waals surface area contributed by atoms with E-state index in [4.69, 9.17) is 0 Å². The van der Waals surface area contributed by atoms with E-state index in [9.17, 15) is 14.7 Å². The summed E-state index contributed by atoms with van der Waals surface area (Å²) in [6.45, 7) is 0. The molecule has 0 aliphatic heterocycles. The third-order valence-corrected chi connectivity index (χ3v) is 6.97. The second-order valence-electron chi connectivity index (χ2n) is 8.57. The van der Waals surface area contributed by atoms with Gasteiger partial charge in [-0.15, -0.1) is 0 Å². The highest BCUT2D eigenvalue weighted by atomic mass is 16.3. The molecule has 3 N–H and O–H groups in total. The number of nitrogens with one attached hydrogen (secondary N) is 2. The largest absolute Gasteiger partial charge is 0.390 e. The van der Waals surface area contributed by atoms with Crippen LogP contribution in [0.1, 0.15) is 38.1 Å². The zero-order chi connectivity index (χ0) is 17.6. The molecule has 134 valence electrons. The van der Waals surface area contributed by atoms with Gasteiger partial charge in [-0.25, -0.2) is 9.78 Å². The lowest BCUT2D eigenvalue weighted by molar-refractivity contribution is -0.146. The molecule has 0 radical (unpaired) electrons. The molecule has 0 amide bonds. The predicted molar refractivity (Wildman–Crippen MR) is 96.0 cm³/mol. The fraction of sp³-hybridized carbons (Fsp3) is 0.526. The van der Waals surface area contributed by atoms with E-state index in [1.165, 1.54) is 0 Å². The monoisotopic (exact) mass is 352 g/mol. The third-order valence-electron chi connectivity index (χ3n) is 6.97. The predicted octanol–water partition coefficient (Wildman–Crippen LogP) is 1.68. The SMILES string of the molecule is O=c1[nH]c(=O)n(C2C3CC4CC2CC(O)(C4)C3)c2c1cnc1[nH]ccc12. The van der Waals surface area contributed by atoms with Gasteiger partial charge in [0.15, 0.2) is 0 Å². The Morgan fingerprint density at radius 2 is 1.92 bits per heavy atom. The van der Waals surface area contributed by atoms with E-state index in [1.54, 1.807) is 12.4 Å². The van der Waals surface area contributed by atoms with Crippen LogP contribution in [-0.4, -0.2) is 30.2 Å². The first kappa shape index (κ1) is 14.7. The number of nitrogens with zero attached hydrogens (tertiary/aromatic N) is 2. The van der Waals surface area contributed by atoms with Crippen LogP contribution < -0.4 is 11.2 Å². The van der Waals surface area contributed by atoms with Gasteiger partial charge in [-0.05, 0) is 55.9 Å². The van der Waals surface area contributed by atoms with Crippen molar-refractivity contribution in [2.45, 2.75) is 43.7 Å². The van der Waals surface area contributed by atoms with Crippen LogP contribution in [0.25, 0.3) is 21.9 Å². The standard InChI is InChI=1S/C19H20N4O3/c24-17-13-8-21-16-12(1-2-20-16)15(13)23(18(25)22-17)14-10-3-9-4-11(14)7-19(26,5-9)6-10/h1-2,8-11,14,26H,3-7H2,(H,20,21)(H,22,24,25).